The molecule has 0 bridgehead atoms. The molecule has 1 amide bonds. The van der Waals surface area contributed by atoms with Crippen LogP contribution in [0.25, 0.3) is 0 Å². The molecule has 1 atom stereocenters. The van der Waals surface area contributed by atoms with Gasteiger partial charge in [-0.2, -0.15) is 0 Å². The molecule has 153 valence electrons. The summed E-state index contributed by atoms with van der Waals surface area (Å²) in [6.07, 6.45) is 4.25. The second-order valence-corrected chi connectivity index (χ2v) is 9.05. The van der Waals surface area contributed by atoms with Crippen molar-refractivity contribution in [3.63, 3.8) is 0 Å². The Morgan fingerprint density at radius 2 is 1.79 bits per heavy atom. The molecule has 1 heterocycles. The zero-order valence-electron chi connectivity index (χ0n) is 16.5. The van der Waals surface area contributed by atoms with Gasteiger partial charge < -0.3 is 5.73 Å². The number of hydrazine groups is 1. The Labute approximate surface area is 190 Å². The molecular formula is C21H21Cl3N3OS. The fourth-order valence-corrected chi connectivity index (χ4v) is 4.71. The lowest BCUT2D eigenvalue weighted by Crippen LogP contribution is -2.49. The van der Waals surface area contributed by atoms with E-state index < -0.39 is 6.17 Å². The Bertz CT molecular complexity index is 970. The molecule has 0 saturated carbocycles. The van der Waals surface area contributed by atoms with Crippen molar-refractivity contribution in [1.82, 2.24) is 5.01 Å². The van der Waals surface area contributed by atoms with Crippen LogP contribution < -0.4 is 10.7 Å². The van der Waals surface area contributed by atoms with Gasteiger partial charge in [0.15, 0.2) is 0 Å². The molecule has 8 heteroatoms. The van der Waals surface area contributed by atoms with E-state index in [1.54, 1.807) is 17.1 Å². The first-order valence-electron chi connectivity index (χ1n) is 8.97. The minimum absolute atomic E-state index is 0.225. The quantitative estimate of drug-likeness (QED) is 0.575. The standard InChI is InChI=1S/C21H21Cl3N3OS/c1-11(2)13-6-5-12(3)15(7-13)21(28)27-19(29-4)10-18(25)26(27)20-16(23)8-14(22)9-17(20)24/h5-9,11,18H,25H2,1-4H3. The maximum absolute atomic E-state index is 13.7. The first-order chi connectivity index (χ1) is 13.6. The lowest BCUT2D eigenvalue weighted by molar-refractivity contribution is 0.0807. The van der Waals surface area contributed by atoms with Gasteiger partial charge >= 0.3 is 0 Å². The van der Waals surface area contributed by atoms with Crippen LogP contribution >= 0.6 is 46.6 Å². The number of aryl methyl sites for hydroxylation is 1. The van der Waals surface area contributed by atoms with Gasteiger partial charge in [0.25, 0.3) is 5.91 Å². The molecule has 0 saturated heterocycles. The number of hydrogen-bond donors (Lipinski definition) is 1. The Kier molecular flexibility index (Phi) is 6.76. The van der Waals surface area contributed by atoms with Crippen molar-refractivity contribution < 1.29 is 4.79 Å². The second-order valence-electron chi connectivity index (χ2n) is 7.01. The number of halogens is 3. The normalized spacial score (nSPS) is 16.6. The number of anilines is 1. The fourth-order valence-electron chi connectivity index (χ4n) is 3.14. The molecule has 2 N–H and O–H groups in total. The van der Waals surface area contributed by atoms with Gasteiger partial charge in [-0.15, -0.1) is 11.8 Å². The summed E-state index contributed by atoms with van der Waals surface area (Å²) in [7, 11) is 0. The van der Waals surface area contributed by atoms with Crippen molar-refractivity contribution in [1.29, 1.82) is 0 Å². The number of nitrogens with two attached hydrogens (primary N) is 1. The topological polar surface area (TPSA) is 49.6 Å². The predicted octanol–water partition coefficient (Wildman–Crippen LogP) is 6.25. The number of nitrogens with zero attached hydrogens (tertiary/aromatic N) is 2. The van der Waals surface area contributed by atoms with Gasteiger partial charge in [-0.3, -0.25) is 9.80 Å². The molecule has 0 aromatic heterocycles. The summed E-state index contributed by atoms with van der Waals surface area (Å²) >= 11 is 20.3. The zero-order valence-corrected chi connectivity index (χ0v) is 19.5. The molecule has 29 heavy (non-hydrogen) atoms. The highest BCUT2D eigenvalue weighted by Crippen LogP contribution is 2.42. The van der Waals surface area contributed by atoms with Gasteiger partial charge in [-0.05, 0) is 48.4 Å². The van der Waals surface area contributed by atoms with Crippen molar-refractivity contribution in [3.05, 3.63) is 73.2 Å². The third-order valence-electron chi connectivity index (χ3n) is 4.70. The molecule has 1 radical (unpaired) electrons. The van der Waals surface area contributed by atoms with Crippen molar-refractivity contribution >= 4 is 58.2 Å². The monoisotopic (exact) mass is 468 g/mol. The van der Waals surface area contributed by atoms with E-state index in [0.717, 1.165) is 11.1 Å². The summed E-state index contributed by atoms with van der Waals surface area (Å²) in [4.78, 5) is 13.7. The largest absolute Gasteiger partial charge is 0.306 e. The number of hydrogen-bond acceptors (Lipinski definition) is 4. The van der Waals surface area contributed by atoms with Crippen molar-refractivity contribution in [2.45, 2.75) is 32.9 Å². The third-order valence-corrected chi connectivity index (χ3v) is 6.17. The van der Waals surface area contributed by atoms with Crippen LogP contribution in [0.1, 0.15) is 41.3 Å². The molecule has 2 aromatic carbocycles. The summed E-state index contributed by atoms with van der Waals surface area (Å²) in [5, 5.41) is 4.63. The van der Waals surface area contributed by atoms with Gasteiger partial charge in [-0.25, -0.2) is 5.01 Å². The highest BCUT2D eigenvalue weighted by Gasteiger charge is 2.38. The molecule has 0 fully saturated rings. The minimum atomic E-state index is -0.730. The number of amides is 1. The van der Waals surface area contributed by atoms with Crippen molar-refractivity contribution in [2.75, 3.05) is 11.3 Å². The van der Waals surface area contributed by atoms with Gasteiger partial charge in [0.05, 0.1) is 15.7 Å². The Hall–Kier alpha value is -1.37. The highest BCUT2D eigenvalue weighted by atomic mass is 35.5. The number of carbonyl (C=O) groups is 1. The molecule has 1 aliphatic rings. The van der Waals surface area contributed by atoms with Crippen LogP contribution in [0.3, 0.4) is 0 Å². The van der Waals surface area contributed by atoms with Crippen LogP contribution in [-0.4, -0.2) is 23.3 Å². The van der Waals surface area contributed by atoms with Crippen molar-refractivity contribution in [3.8, 4) is 0 Å². The number of thioether (sulfide) groups is 1. The van der Waals surface area contributed by atoms with Gasteiger partial charge in [0, 0.05) is 16.7 Å². The van der Waals surface area contributed by atoms with Crippen LogP contribution in [0.4, 0.5) is 5.69 Å². The predicted molar refractivity (Wildman–Crippen MR) is 124 cm³/mol. The number of carbonyl (C=O) groups excluding carboxylic acids is 1. The van der Waals surface area contributed by atoms with E-state index in [9.17, 15) is 4.79 Å². The maximum atomic E-state index is 13.7. The minimum Gasteiger partial charge on any atom is -0.306 e. The third kappa shape index (κ3) is 4.25. The summed E-state index contributed by atoms with van der Waals surface area (Å²) in [5.74, 6) is 0.0678. The van der Waals surface area contributed by atoms with Crippen LogP contribution in [-0.2, 0) is 0 Å². The van der Waals surface area contributed by atoms with E-state index in [0.29, 0.717) is 37.3 Å². The smallest absolute Gasteiger partial charge is 0.277 e. The average Bonchev–Trinajstić information content (AvgIpc) is 2.97. The average molecular weight is 470 g/mol. The van der Waals surface area contributed by atoms with E-state index in [1.807, 2.05) is 31.4 Å². The maximum Gasteiger partial charge on any atom is 0.277 e. The number of rotatable bonds is 4. The summed E-state index contributed by atoms with van der Waals surface area (Å²) in [6, 6.07) is 9.06. The lowest BCUT2D eigenvalue weighted by Gasteiger charge is -2.35. The fraction of sp³-hybridized carbons (Fsp3) is 0.286. The molecular weight excluding hydrogens is 449 g/mol. The van der Waals surface area contributed by atoms with E-state index in [1.165, 1.54) is 16.8 Å². The Balaban J connectivity index is 2.14. The van der Waals surface area contributed by atoms with Crippen LogP contribution in [0.15, 0.2) is 35.4 Å². The Morgan fingerprint density at radius 1 is 1.17 bits per heavy atom. The van der Waals surface area contributed by atoms with Gasteiger partial charge in [0.1, 0.15) is 11.2 Å². The first-order valence-corrected chi connectivity index (χ1v) is 11.3. The van der Waals surface area contributed by atoms with E-state index >= 15 is 0 Å². The Morgan fingerprint density at radius 3 is 2.34 bits per heavy atom. The first kappa shape index (κ1) is 22.3. The SMILES string of the molecule is CSC1=[C]C(N)N(c2c(Cl)cc(Cl)cc2Cl)N1C(=O)c1cc(C(C)C)ccc1C. The zero-order chi connectivity index (χ0) is 21.5. The summed E-state index contributed by atoms with van der Waals surface area (Å²) in [5.41, 5.74) is 9.26. The lowest BCUT2D eigenvalue weighted by atomic mass is 9.97. The van der Waals surface area contributed by atoms with Gasteiger partial charge in [0.2, 0.25) is 0 Å². The molecule has 0 spiro atoms. The summed E-state index contributed by atoms with van der Waals surface area (Å²) < 4.78 is 0. The highest BCUT2D eigenvalue weighted by molar-refractivity contribution is 8.02. The molecule has 3 rings (SSSR count). The van der Waals surface area contributed by atoms with Gasteiger partial charge in [-0.1, -0.05) is 60.8 Å². The molecule has 0 aliphatic carbocycles. The van der Waals surface area contributed by atoms with Crippen LogP contribution in [0.5, 0.6) is 0 Å². The second kappa shape index (κ2) is 8.78. The molecule has 1 aliphatic heterocycles. The summed E-state index contributed by atoms with van der Waals surface area (Å²) in [6.45, 7) is 6.09. The number of benzene rings is 2. The van der Waals surface area contributed by atoms with Crippen LogP contribution in [0, 0.1) is 13.0 Å². The van der Waals surface area contributed by atoms with E-state index in [4.69, 9.17) is 40.5 Å². The molecule has 1 unspecified atom stereocenters. The molecule has 2 aromatic rings. The van der Waals surface area contributed by atoms with Crippen molar-refractivity contribution in [2.24, 2.45) is 5.73 Å². The van der Waals surface area contributed by atoms with Crippen LogP contribution in [0.2, 0.25) is 15.1 Å². The van der Waals surface area contributed by atoms with E-state index in [-0.39, 0.29) is 5.91 Å². The molecule has 4 nitrogen and oxygen atoms in total. The van der Waals surface area contributed by atoms with E-state index in [2.05, 4.69) is 19.9 Å².